The Labute approximate surface area is 223 Å². The molecule has 0 aliphatic carbocycles. The Morgan fingerprint density at radius 1 is 0.846 bits per heavy atom. The molecule has 2 aromatic heterocycles. The van der Waals surface area contributed by atoms with E-state index in [0.29, 0.717) is 27.4 Å². The minimum Gasteiger partial charge on any atom is -0.619 e. The largest absolute Gasteiger partial charge is 0.619 e. The fourth-order valence-electron chi connectivity index (χ4n) is 4.31. The lowest BCUT2D eigenvalue weighted by molar-refractivity contribution is -0.614. The molecule has 0 aliphatic heterocycles. The molecule has 204 valence electrons. The van der Waals surface area contributed by atoms with Crippen LogP contribution in [0.5, 0.6) is 11.5 Å². The number of ether oxygens (including phenoxy) is 2. The molecule has 4 rings (SSSR count). The van der Waals surface area contributed by atoms with Crippen molar-refractivity contribution in [3.05, 3.63) is 119 Å². The summed E-state index contributed by atoms with van der Waals surface area (Å²) in [6.07, 6.45) is 3.16. The van der Waals surface area contributed by atoms with Crippen LogP contribution in [-0.2, 0) is 12.0 Å². The number of benzene rings is 2. The van der Waals surface area contributed by atoms with E-state index in [-0.39, 0.29) is 6.42 Å². The van der Waals surface area contributed by atoms with Crippen molar-refractivity contribution in [2.75, 3.05) is 5.32 Å². The molecular formula is C29H27F4N3O3. The van der Waals surface area contributed by atoms with Crippen molar-refractivity contribution in [3.8, 4) is 11.5 Å². The molecule has 6 nitrogen and oxygen atoms in total. The van der Waals surface area contributed by atoms with Crippen LogP contribution in [0.4, 0.5) is 23.4 Å². The molecule has 0 aliphatic rings. The molecule has 0 bridgehead atoms. The molecule has 39 heavy (non-hydrogen) atoms. The molecule has 2 aromatic carbocycles. The van der Waals surface area contributed by atoms with Crippen molar-refractivity contribution < 1.29 is 31.8 Å². The lowest BCUT2D eigenvalue weighted by Crippen LogP contribution is -2.32. The highest BCUT2D eigenvalue weighted by molar-refractivity contribution is 5.48. The fourth-order valence-corrected chi connectivity index (χ4v) is 4.31. The molecule has 1 atom stereocenters. The van der Waals surface area contributed by atoms with Gasteiger partial charge in [-0.1, -0.05) is 48.5 Å². The number of hydrogen-bond acceptors (Lipinski definition) is 5. The zero-order valence-corrected chi connectivity index (χ0v) is 21.2. The van der Waals surface area contributed by atoms with Crippen molar-refractivity contribution >= 4 is 5.82 Å². The van der Waals surface area contributed by atoms with Crippen LogP contribution in [0.3, 0.4) is 0 Å². The molecule has 0 saturated carbocycles. The van der Waals surface area contributed by atoms with Gasteiger partial charge in [0.05, 0.1) is 5.54 Å². The van der Waals surface area contributed by atoms with Crippen LogP contribution in [0.25, 0.3) is 0 Å². The standard InChI is InChI=1S/C29H27F4N3O3/c1-29(2,21-8-4-3-5-9-21)35-26-14-12-20(18-34-26)23(17-22-10-6-7-15-36(22)37)19-11-13-24(38-27(30)31)25(16-19)39-28(32)33/h3-16,18,23,27-28H,17H2,1-2H3,(H,34,35). The van der Waals surface area contributed by atoms with Gasteiger partial charge in [-0.05, 0) is 48.7 Å². The van der Waals surface area contributed by atoms with Gasteiger partial charge in [-0.25, -0.2) is 4.98 Å². The maximum atomic E-state index is 13.1. The average molecular weight is 542 g/mol. The molecule has 0 saturated heterocycles. The first-order valence-electron chi connectivity index (χ1n) is 12.1. The van der Waals surface area contributed by atoms with Crippen LogP contribution in [0.2, 0.25) is 0 Å². The normalized spacial score (nSPS) is 12.4. The van der Waals surface area contributed by atoms with Gasteiger partial charge < -0.3 is 20.0 Å². The Hall–Kier alpha value is -4.34. The highest BCUT2D eigenvalue weighted by Crippen LogP contribution is 2.37. The summed E-state index contributed by atoms with van der Waals surface area (Å²) in [6, 6.07) is 22.3. The lowest BCUT2D eigenvalue weighted by Gasteiger charge is -2.28. The van der Waals surface area contributed by atoms with Crippen LogP contribution in [0.15, 0.2) is 91.3 Å². The van der Waals surface area contributed by atoms with Gasteiger partial charge in [-0.15, -0.1) is 0 Å². The summed E-state index contributed by atoms with van der Waals surface area (Å²) < 4.78 is 61.4. The third kappa shape index (κ3) is 7.16. The van der Waals surface area contributed by atoms with E-state index < -0.39 is 36.2 Å². The van der Waals surface area contributed by atoms with Crippen LogP contribution in [0, 0.1) is 5.21 Å². The van der Waals surface area contributed by atoms with E-state index in [1.165, 1.54) is 18.3 Å². The lowest BCUT2D eigenvalue weighted by atomic mass is 9.87. The molecule has 0 radical (unpaired) electrons. The topological polar surface area (TPSA) is 70.3 Å². The number of anilines is 1. The first-order chi connectivity index (χ1) is 18.6. The summed E-state index contributed by atoms with van der Waals surface area (Å²) in [6.45, 7) is -2.43. The molecular weight excluding hydrogens is 514 g/mol. The summed E-state index contributed by atoms with van der Waals surface area (Å²) in [5.74, 6) is -0.997. The Bertz CT molecular complexity index is 1370. The van der Waals surface area contributed by atoms with Crippen LogP contribution < -0.4 is 19.5 Å². The van der Waals surface area contributed by atoms with Crippen LogP contribution in [0.1, 0.15) is 42.1 Å². The minimum absolute atomic E-state index is 0.178. The first kappa shape index (κ1) is 27.7. The maximum Gasteiger partial charge on any atom is 0.387 e. The molecule has 0 spiro atoms. The number of rotatable bonds is 11. The number of nitrogens with zero attached hydrogens (tertiary/aromatic N) is 2. The number of halogens is 4. The molecule has 10 heteroatoms. The van der Waals surface area contributed by atoms with E-state index in [1.807, 2.05) is 50.2 Å². The molecule has 1 unspecified atom stereocenters. The van der Waals surface area contributed by atoms with E-state index in [2.05, 4.69) is 19.8 Å². The van der Waals surface area contributed by atoms with E-state index >= 15 is 0 Å². The average Bonchev–Trinajstić information content (AvgIpc) is 2.90. The fraction of sp³-hybridized carbons (Fsp3) is 0.241. The number of aromatic nitrogens is 2. The Morgan fingerprint density at radius 2 is 1.51 bits per heavy atom. The van der Waals surface area contributed by atoms with Crippen LogP contribution >= 0.6 is 0 Å². The van der Waals surface area contributed by atoms with Gasteiger partial charge in [0, 0.05) is 30.7 Å². The third-order valence-corrected chi connectivity index (χ3v) is 6.24. The van der Waals surface area contributed by atoms with Gasteiger partial charge in [0.25, 0.3) is 0 Å². The predicted octanol–water partition coefficient (Wildman–Crippen LogP) is 6.64. The summed E-state index contributed by atoms with van der Waals surface area (Å²) in [5.41, 5.74) is 2.18. The van der Waals surface area contributed by atoms with E-state index in [0.717, 1.165) is 11.6 Å². The van der Waals surface area contributed by atoms with Gasteiger partial charge in [0.15, 0.2) is 23.4 Å². The highest BCUT2D eigenvalue weighted by Gasteiger charge is 2.24. The summed E-state index contributed by atoms with van der Waals surface area (Å²) >= 11 is 0. The summed E-state index contributed by atoms with van der Waals surface area (Å²) in [4.78, 5) is 4.56. The molecule has 1 N–H and O–H groups in total. The second kappa shape index (κ2) is 12.0. The van der Waals surface area contributed by atoms with E-state index in [1.54, 1.807) is 30.5 Å². The SMILES string of the molecule is CC(C)(Nc1ccc(C(Cc2cccc[n+]2[O-])c2ccc(OC(F)F)c(OC(F)F)c2)cn1)c1ccccc1. The monoisotopic (exact) mass is 541 g/mol. The molecule has 2 heterocycles. The van der Waals surface area contributed by atoms with Crippen molar-refractivity contribution in [2.45, 2.75) is 44.9 Å². The second-order valence-corrected chi connectivity index (χ2v) is 9.33. The number of nitrogens with one attached hydrogen (secondary N) is 1. The summed E-state index contributed by atoms with van der Waals surface area (Å²) in [7, 11) is 0. The first-order valence-corrected chi connectivity index (χ1v) is 12.1. The minimum atomic E-state index is -3.25. The van der Waals surface area contributed by atoms with Crippen molar-refractivity contribution in [3.63, 3.8) is 0 Å². The van der Waals surface area contributed by atoms with Gasteiger partial charge >= 0.3 is 13.2 Å². The van der Waals surface area contributed by atoms with E-state index in [9.17, 15) is 22.8 Å². The zero-order valence-electron chi connectivity index (χ0n) is 21.2. The van der Waals surface area contributed by atoms with E-state index in [4.69, 9.17) is 0 Å². The van der Waals surface area contributed by atoms with Crippen LogP contribution in [-0.4, -0.2) is 18.2 Å². The zero-order chi connectivity index (χ0) is 28.0. The Morgan fingerprint density at radius 3 is 2.15 bits per heavy atom. The third-order valence-electron chi connectivity index (χ3n) is 6.24. The molecule has 0 amide bonds. The number of alkyl halides is 4. The molecule has 0 fully saturated rings. The quantitative estimate of drug-likeness (QED) is 0.131. The van der Waals surface area contributed by atoms with Crippen molar-refractivity contribution in [2.24, 2.45) is 0 Å². The summed E-state index contributed by atoms with van der Waals surface area (Å²) in [5, 5.41) is 15.8. The number of pyridine rings is 2. The Kier molecular flexibility index (Phi) is 8.53. The number of hydrogen-bond donors (Lipinski definition) is 1. The molecule has 4 aromatic rings. The van der Waals surface area contributed by atoms with Crippen molar-refractivity contribution in [1.82, 2.24) is 4.98 Å². The van der Waals surface area contributed by atoms with Gasteiger partial charge in [0.2, 0.25) is 0 Å². The predicted molar refractivity (Wildman–Crippen MR) is 138 cm³/mol. The van der Waals surface area contributed by atoms with Gasteiger partial charge in [0.1, 0.15) is 5.82 Å². The maximum absolute atomic E-state index is 13.1. The smallest absolute Gasteiger partial charge is 0.387 e. The van der Waals surface area contributed by atoms with Crippen molar-refractivity contribution in [1.29, 1.82) is 0 Å². The van der Waals surface area contributed by atoms with Gasteiger partial charge in [-0.2, -0.15) is 22.3 Å². The highest BCUT2D eigenvalue weighted by atomic mass is 19.3. The van der Waals surface area contributed by atoms with Gasteiger partial charge in [-0.3, -0.25) is 0 Å². The second-order valence-electron chi connectivity index (χ2n) is 9.33. The Balaban J connectivity index is 1.69.